The van der Waals surface area contributed by atoms with Crippen LogP contribution < -0.4 is 10.1 Å². The Bertz CT molecular complexity index is 350. The summed E-state index contributed by atoms with van der Waals surface area (Å²) in [7, 11) is 1.64. The van der Waals surface area contributed by atoms with Crippen LogP contribution in [0.15, 0.2) is 24.3 Å². The van der Waals surface area contributed by atoms with Crippen molar-refractivity contribution in [2.24, 2.45) is 5.92 Å². The van der Waals surface area contributed by atoms with E-state index >= 15 is 0 Å². The van der Waals surface area contributed by atoms with Gasteiger partial charge < -0.3 is 10.1 Å². The fraction of sp³-hybridized carbons (Fsp3) is 0.571. The molecule has 1 fully saturated rings. The third-order valence-corrected chi connectivity index (χ3v) is 3.41. The quantitative estimate of drug-likeness (QED) is 0.869. The van der Waals surface area contributed by atoms with E-state index in [1.807, 2.05) is 24.3 Å². The Morgan fingerprint density at radius 2 is 2.41 bits per heavy atom. The topological polar surface area (TPSA) is 21.3 Å². The maximum Gasteiger partial charge on any atom is 0.119 e. The third-order valence-electron chi connectivity index (χ3n) is 3.41. The molecule has 1 aliphatic heterocycles. The number of rotatable bonds is 4. The van der Waals surface area contributed by atoms with Crippen LogP contribution >= 0.6 is 0 Å². The van der Waals surface area contributed by atoms with Crippen LogP contribution in [0.25, 0.3) is 0 Å². The van der Waals surface area contributed by atoms with Gasteiger partial charge in [0, 0.05) is 18.9 Å². The number of nitrogens with one attached hydrogen (secondary N) is 1. The van der Waals surface area contributed by atoms with Crippen LogP contribution in [0.2, 0.25) is 0 Å². The Balaban J connectivity index is 1.94. The van der Waals surface area contributed by atoms with Gasteiger partial charge in [-0.2, -0.15) is 0 Å². The molecule has 0 aliphatic carbocycles. The summed E-state index contributed by atoms with van der Waals surface area (Å²) in [5.74, 6) is 0.964. The summed E-state index contributed by atoms with van der Waals surface area (Å²) in [5.41, 5.74) is 1.02. The molecule has 1 aromatic rings. The predicted octanol–water partition coefficient (Wildman–Crippen LogP) is 2.58. The number of hydrogen-bond donors (Lipinski definition) is 1. The maximum atomic E-state index is 14.1. The lowest BCUT2D eigenvalue weighted by atomic mass is 9.91. The first kappa shape index (κ1) is 12.4. The number of piperidine rings is 1. The van der Waals surface area contributed by atoms with Gasteiger partial charge in [-0.05, 0) is 37.1 Å². The molecule has 2 nitrogen and oxygen atoms in total. The lowest BCUT2D eigenvalue weighted by molar-refractivity contribution is 0.191. The SMILES string of the molecule is COc1cccc(CC(F)C2CCCNC2)c1. The molecule has 2 unspecified atom stereocenters. The average Bonchev–Trinajstić information content (AvgIpc) is 2.40. The molecule has 2 rings (SSSR count). The van der Waals surface area contributed by atoms with Crippen molar-refractivity contribution in [2.75, 3.05) is 20.2 Å². The molecule has 1 aliphatic rings. The Morgan fingerprint density at radius 1 is 1.53 bits per heavy atom. The Kier molecular flexibility index (Phi) is 4.37. The van der Waals surface area contributed by atoms with E-state index in [2.05, 4.69) is 5.32 Å². The minimum atomic E-state index is -0.755. The molecule has 1 N–H and O–H groups in total. The first-order chi connectivity index (χ1) is 8.29. The number of benzene rings is 1. The minimum absolute atomic E-state index is 0.162. The predicted molar refractivity (Wildman–Crippen MR) is 67.2 cm³/mol. The van der Waals surface area contributed by atoms with Crippen LogP contribution in [-0.4, -0.2) is 26.4 Å². The van der Waals surface area contributed by atoms with Crippen molar-refractivity contribution in [1.29, 1.82) is 0 Å². The second-order valence-electron chi connectivity index (χ2n) is 4.68. The monoisotopic (exact) mass is 237 g/mol. The zero-order valence-electron chi connectivity index (χ0n) is 10.3. The first-order valence-electron chi connectivity index (χ1n) is 6.27. The molecule has 94 valence electrons. The molecular weight excluding hydrogens is 217 g/mol. The molecule has 3 heteroatoms. The van der Waals surface area contributed by atoms with Gasteiger partial charge >= 0.3 is 0 Å². The standard InChI is InChI=1S/C14H20FNO/c1-17-13-6-2-4-11(8-13)9-14(15)12-5-3-7-16-10-12/h2,4,6,8,12,14,16H,3,5,7,9-10H2,1H3. The van der Waals surface area contributed by atoms with Crippen molar-refractivity contribution in [3.63, 3.8) is 0 Å². The van der Waals surface area contributed by atoms with E-state index in [0.717, 1.165) is 37.2 Å². The molecule has 1 heterocycles. The van der Waals surface area contributed by atoms with Crippen molar-refractivity contribution in [3.8, 4) is 5.75 Å². The zero-order valence-corrected chi connectivity index (χ0v) is 10.3. The molecule has 0 radical (unpaired) electrons. The number of halogens is 1. The second kappa shape index (κ2) is 6.01. The van der Waals surface area contributed by atoms with E-state index in [1.54, 1.807) is 7.11 Å². The van der Waals surface area contributed by atoms with Gasteiger partial charge in [0.1, 0.15) is 11.9 Å². The van der Waals surface area contributed by atoms with Crippen LogP contribution in [0.1, 0.15) is 18.4 Å². The maximum absolute atomic E-state index is 14.1. The summed E-state index contributed by atoms with van der Waals surface area (Å²) >= 11 is 0. The molecule has 1 aromatic carbocycles. The largest absolute Gasteiger partial charge is 0.497 e. The van der Waals surface area contributed by atoms with Gasteiger partial charge in [-0.15, -0.1) is 0 Å². The van der Waals surface area contributed by atoms with Crippen molar-refractivity contribution < 1.29 is 9.13 Å². The van der Waals surface area contributed by atoms with Crippen LogP contribution in [0.5, 0.6) is 5.75 Å². The van der Waals surface area contributed by atoms with E-state index < -0.39 is 6.17 Å². The van der Waals surface area contributed by atoms with Crippen molar-refractivity contribution >= 4 is 0 Å². The molecule has 1 saturated heterocycles. The van der Waals surface area contributed by atoms with E-state index in [1.165, 1.54) is 0 Å². The summed E-state index contributed by atoms with van der Waals surface area (Å²) in [6.45, 7) is 1.84. The van der Waals surface area contributed by atoms with Gasteiger partial charge in [-0.3, -0.25) is 0 Å². The Hall–Kier alpha value is -1.09. The number of methoxy groups -OCH3 is 1. The smallest absolute Gasteiger partial charge is 0.119 e. The molecule has 0 aromatic heterocycles. The summed E-state index contributed by atoms with van der Waals surface area (Å²) in [5, 5.41) is 3.26. The fourth-order valence-electron chi connectivity index (χ4n) is 2.38. The first-order valence-corrected chi connectivity index (χ1v) is 6.27. The van der Waals surface area contributed by atoms with Crippen LogP contribution in [0, 0.1) is 5.92 Å². The normalized spacial score (nSPS) is 22.1. The molecule has 0 amide bonds. The summed E-state index contributed by atoms with van der Waals surface area (Å²) in [6, 6.07) is 7.69. The summed E-state index contributed by atoms with van der Waals surface area (Å²) in [4.78, 5) is 0. The van der Waals surface area contributed by atoms with Crippen LogP contribution in [-0.2, 0) is 6.42 Å². The highest BCUT2D eigenvalue weighted by molar-refractivity contribution is 5.28. The number of alkyl halides is 1. The van der Waals surface area contributed by atoms with Gasteiger partial charge in [0.05, 0.1) is 7.11 Å². The van der Waals surface area contributed by atoms with Gasteiger partial charge in [0.2, 0.25) is 0 Å². The lowest BCUT2D eigenvalue weighted by Crippen LogP contribution is -2.35. The summed E-state index contributed by atoms with van der Waals surface area (Å²) in [6.07, 6.45) is 1.82. The van der Waals surface area contributed by atoms with Crippen LogP contribution in [0.3, 0.4) is 0 Å². The highest BCUT2D eigenvalue weighted by Crippen LogP contribution is 2.22. The highest BCUT2D eigenvalue weighted by Gasteiger charge is 2.23. The number of ether oxygens (including phenoxy) is 1. The van der Waals surface area contributed by atoms with E-state index in [0.29, 0.717) is 6.42 Å². The average molecular weight is 237 g/mol. The van der Waals surface area contributed by atoms with Crippen molar-refractivity contribution in [2.45, 2.75) is 25.4 Å². The Labute approximate surface area is 102 Å². The van der Waals surface area contributed by atoms with E-state index in [4.69, 9.17) is 4.74 Å². The van der Waals surface area contributed by atoms with E-state index in [-0.39, 0.29) is 5.92 Å². The van der Waals surface area contributed by atoms with Gasteiger partial charge in [0.15, 0.2) is 0 Å². The van der Waals surface area contributed by atoms with Crippen molar-refractivity contribution in [1.82, 2.24) is 5.32 Å². The molecule has 0 saturated carbocycles. The Morgan fingerprint density at radius 3 is 3.12 bits per heavy atom. The fourth-order valence-corrected chi connectivity index (χ4v) is 2.38. The third kappa shape index (κ3) is 3.43. The van der Waals surface area contributed by atoms with Crippen molar-refractivity contribution in [3.05, 3.63) is 29.8 Å². The molecular formula is C14H20FNO. The van der Waals surface area contributed by atoms with Crippen LogP contribution in [0.4, 0.5) is 4.39 Å². The van der Waals surface area contributed by atoms with Gasteiger partial charge in [-0.1, -0.05) is 12.1 Å². The highest BCUT2D eigenvalue weighted by atomic mass is 19.1. The molecule has 0 bridgehead atoms. The number of hydrogen-bond acceptors (Lipinski definition) is 2. The van der Waals surface area contributed by atoms with Gasteiger partial charge in [0.25, 0.3) is 0 Å². The van der Waals surface area contributed by atoms with Gasteiger partial charge in [-0.25, -0.2) is 4.39 Å². The zero-order chi connectivity index (χ0) is 12.1. The summed E-state index contributed by atoms with van der Waals surface area (Å²) < 4.78 is 19.3. The minimum Gasteiger partial charge on any atom is -0.497 e. The molecule has 0 spiro atoms. The van der Waals surface area contributed by atoms with E-state index in [9.17, 15) is 4.39 Å². The molecule has 17 heavy (non-hydrogen) atoms. The lowest BCUT2D eigenvalue weighted by Gasteiger charge is -2.25. The molecule has 2 atom stereocenters. The second-order valence-corrected chi connectivity index (χ2v) is 4.68.